The predicted octanol–water partition coefficient (Wildman–Crippen LogP) is 16.9. The van der Waals surface area contributed by atoms with Crippen LogP contribution < -0.4 is 4.89 Å². The highest BCUT2D eigenvalue weighted by Gasteiger charge is 2.22. The molecule has 0 aliphatic rings. The summed E-state index contributed by atoms with van der Waals surface area (Å²) in [6.07, 6.45) is 54.3. The van der Waals surface area contributed by atoms with E-state index < -0.39 is 26.5 Å². The lowest BCUT2D eigenvalue weighted by molar-refractivity contribution is -0.870. The average Bonchev–Trinajstić information content (AvgIpc) is 3.27. The van der Waals surface area contributed by atoms with Gasteiger partial charge in [-0.1, -0.05) is 271 Å². The van der Waals surface area contributed by atoms with Gasteiger partial charge in [-0.05, 0) is 12.8 Å². The topological polar surface area (TPSA) is 111 Å². The Morgan fingerprint density at radius 3 is 0.970 bits per heavy atom. The van der Waals surface area contributed by atoms with Gasteiger partial charge >= 0.3 is 11.9 Å². The number of nitrogens with zero attached hydrogens (tertiary/aromatic N) is 1. The maximum atomic E-state index is 12.8. The van der Waals surface area contributed by atoms with Gasteiger partial charge in [0.1, 0.15) is 19.8 Å². The van der Waals surface area contributed by atoms with Crippen molar-refractivity contribution >= 4 is 19.8 Å². The van der Waals surface area contributed by atoms with E-state index >= 15 is 0 Å². The van der Waals surface area contributed by atoms with Crippen LogP contribution in [-0.2, 0) is 32.7 Å². The molecule has 0 aromatic rings. The molecule has 0 N–H and O–H groups in total. The van der Waals surface area contributed by atoms with Gasteiger partial charge < -0.3 is 27.9 Å². The van der Waals surface area contributed by atoms with Crippen LogP contribution in [0.1, 0.15) is 296 Å². The van der Waals surface area contributed by atoms with E-state index in [2.05, 4.69) is 13.8 Å². The molecule has 0 heterocycles. The second kappa shape index (κ2) is 49.0. The van der Waals surface area contributed by atoms with Gasteiger partial charge in [0.2, 0.25) is 0 Å². The number of phosphoric ester groups is 1. The first kappa shape index (κ1) is 65.0. The van der Waals surface area contributed by atoms with Crippen molar-refractivity contribution in [2.45, 2.75) is 302 Å². The van der Waals surface area contributed by atoms with Crippen molar-refractivity contribution in [3.63, 3.8) is 0 Å². The molecule has 10 heteroatoms. The zero-order chi connectivity index (χ0) is 48.5. The highest BCUT2D eigenvalue weighted by atomic mass is 31.2. The Balaban J connectivity index is 4.12. The largest absolute Gasteiger partial charge is 0.756 e. The van der Waals surface area contributed by atoms with E-state index in [4.69, 9.17) is 18.5 Å². The molecule has 0 aliphatic heterocycles. The lowest BCUT2D eigenvalue weighted by atomic mass is 10.0. The maximum absolute atomic E-state index is 12.8. The van der Waals surface area contributed by atoms with Crippen LogP contribution in [0.15, 0.2) is 0 Å². The Morgan fingerprint density at radius 1 is 0.409 bits per heavy atom. The highest BCUT2D eigenvalue weighted by Crippen LogP contribution is 2.38. The number of quaternary nitrogens is 1. The monoisotopic (exact) mass is 958 g/mol. The number of unbranched alkanes of at least 4 members (excludes halogenated alkanes) is 40. The van der Waals surface area contributed by atoms with Crippen LogP contribution in [0.4, 0.5) is 0 Å². The Kier molecular flexibility index (Phi) is 48.3. The van der Waals surface area contributed by atoms with Gasteiger partial charge in [0.15, 0.2) is 6.10 Å². The lowest BCUT2D eigenvalue weighted by Crippen LogP contribution is -2.37. The molecule has 0 amide bonds. The van der Waals surface area contributed by atoms with Crippen molar-refractivity contribution < 1.29 is 42.1 Å². The summed E-state index contributed by atoms with van der Waals surface area (Å²) in [7, 11) is 1.19. The highest BCUT2D eigenvalue weighted by molar-refractivity contribution is 7.45. The quantitative estimate of drug-likeness (QED) is 0.0256. The van der Waals surface area contributed by atoms with Crippen molar-refractivity contribution in [1.29, 1.82) is 0 Å². The molecule has 0 radical (unpaired) electrons. The van der Waals surface area contributed by atoms with Crippen LogP contribution in [0, 0.1) is 0 Å². The Bertz CT molecular complexity index is 1080. The standard InChI is InChI=1S/C56H112NO8P/c1-6-8-10-12-14-16-18-20-22-24-26-28-29-31-33-35-37-39-41-43-45-47-49-56(59)65-54(53-64-66(60,61)63-51-50-57(3,4)5)52-62-55(58)48-46-44-42-40-38-36-34-32-30-27-25-23-21-19-17-15-13-11-9-7-2/h54H,6-53H2,1-5H3. The molecule has 0 aromatic carbocycles. The normalized spacial score (nSPS) is 13.2. The Morgan fingerprint density at radius 2 is 0.682 bits per heavy atom. The van der Waals surface area contributed by atoms with Gasteiger partial charge in [0.05, 0.1) is 27.7 Å². The zero-order valence-corrected chi connectivity index (χ0v) is 45.6. The fraction of sp³-hybridized carbons (Fsp3) is 0.964. The number of phosphoric acid groups is 1. The summed E-state index contributed by atoms with van der Waals surface area (Å²) in [4.78, 5) is 37.8. The molecule has 9 nitrogen and oxygen atoms in total. The molecular weight excluding hydrogens is 846 g/mol. The van der Waals surface area contributed by atoms with Crippen molar-refractivity contribution in [2.24, 2.45) is 0 Å². The van der Waals surface area contributed by atoms with E-state index in [1.54, 1.807) is 0 Å². The summed E-state index contributed by atoms with van der Waals surface area (Å²) < 4.78 is 34.2. The second-order valence-electron chi connectivity index (χ2n) is 21.0. The summed E-state index contributed by atoms with van der Waals surface area (Å²) in [6, 6.07) is 0. The molecule has 0 saturated carbocycles. The Labute approximate surface area is 410 Å². The van der Waals surface area contributed by atoms with Gasteiger partial charge in [0, 0.05) is 12.8 Å². The van der Waals surface area contributed by atoms with Crippen LogP contribution in [0.2, 0.25) is 0 Å². The van der Waals surface area contributed by atoms with Crippen LogP contribution in [0.25, 0.3) is 0 Å². The average molecular weight is 958 g/mol. The van der Waals surface area contributed by atoms with E-state index in [1.807, 2.05) is 21.1 Å². The summed E-state index contributed by atoms with van der Waals surface area (Å²) >= 11 is 0. The van der Waals surface area contributed by atoms with E-state index in [9.17, 15) is 19.0 Å². The molecule has 0 rings (SSSR count). The first-order valence-electron chi connectivity index (χ1n) is 28.7. The van der Waals surface area contributed by atoms with Crippen molar-refractivity contribution in [3.8, 4) is 0 Å². The molecule has 66 heavy (non-hydrogen) atoms. The molecule has 394 valence electrons. The number of esters is 2. The first-order chi connectivity index (χ1) is 32.0. The van der Waals surface area contributed by atoms with Gasteiger partial charge in [-0.2, -0.15) is 0 Å². The van der Waals surface area contributed by atoms with Gasteiger partial charge in [-0.3, -0.25) is 14.2 Å². The zero-order valence-electron chi connectivity index (χ0n) is 44.7. The second-order valence-corrected chi connectivity index (χ2v) is 22.4. The maximum Gasteiger partial charge on any atom is 0.306 e. The third-order valence-corrected chi connectivity index (χ3v) is 14.1. The van der Waals surface area contributed by atoms with Crippen molar-refractivity contribution in [1.82, 2.24) is 0 Å². The number of likely N-dealkylation sites (N-methyl/N-ethyl adjacent to an activating group) is 1. The molecule has 2 atom stereocenters. The predicted molar refractivity (Wildman–Crippen MR) is 278 cm³/mol. The van der Waals surface area contributed by atoms with Crippen LogP contribution in [0.3, 0.4) is 0 Å². The van der Waals surface area contributed by atoms with E-state index in [1.165, 1.54) is 231 Å². The van der Waals surface area contributed by atoms with Crippen LogP contribution in [0.5, 0.6) is 0 Å². The number of carbonyl (C=O) groups is 2. The minimum absolute atomic E-state index is 0.0251. The molecule has 2 unspecified atom stereocenters. The fourth-order valence-corrected chi connectivity index (χ4v) is 9.39. The van der Waals surface area contributed by atoms with Crippen LogP contribution >= 0.6 is 7.82 Å². The number of carbonyl (C=O) groups excluding carboxylic acids is 2. The summed E-state index contributed by atoms with van der Waals surface area (Å²) in [6.45, 7) is 4.31. The molecule has 0 bridgehead atoms. The SMILES string of the molecule is CCCCCCCCCCCCCCCCCCCCCCCCC(=O)OC(COC(=O)CCCCCCCCCCCCCCCCCCCCCC)COP(=O)([O-])OCC[N+](C)(C)C. The summed E-state index contributed by atoms with van der Waals surface area (Å²) in [5, 5.41) is 0. The fourth-order valence-electron chi connectivity index (χ4n) is 8.66. The van der Waals surface area contributed by atoms with Gasteiger partial charge in [-0.15, -0.1) is 0 Å². The minimum Gasteiger partial charge on any atom is -0.756 e. The third-order valence-electron chi connectivity index (χ3n) is 13.1. The molecule has 0 aromatic heterocycles. The number of rotatable bonds is 54. The van der Waals surface area contributed by atoms with E-state index in [0.717, 1.165) is 32.1 Å². The van der Waals surface area contributed by atoms with Gasteiger partial charge in [0.25, 0.3) is 7.82 Å². The smallest absolute Gasteiger partial charge is 0.306 e. The van der Waals surface area contributed by atoms with Crippen molar-refractivity contribution in [2.75, 3.05) is 47.5 Å². The molecule has 0 aliphatic carbocycles. The number of ether oxygens (including phenoxy) is 2. The van der Waals surface area contributed by atoms with E-state index in [-0.39, 0.29) is 32.0 Å². The molecule has 0 fully saturated rings. The van der Waals surface area contributed by atoms with Crippen molar-refractivity contribution in [3.05, 3.63) is 0 Å². The van der Waals surface area contributed by atoms with Crippen LogP contribution in [-0.4, -0.2) is 70.0 Å². The number of hydrogen-bond donors (Lipinski definition) is 0. The first-order valence-corrected chi connectivity index (χ1v) is 30.2. The lowest BCUT2D eigenvalue weighted by Gasteiger charge is -2.28. The minimum atomic E-state index is -4.63. The Hall–Kier alpha value is -0.990. The third kappa shape index (κ3) is 52.4. The summed E-state index contributed by atoms with van der Waals surface area (Å²) in [5.74, 6) is -0.809. The molecule has 0 saturated heterocycles. The van der Waals surface area contributed by atoms with Gasteiger partial charge in [-0.25, -0.2) is 0 Å². The van der Waals surface area contributed by atoms with E-state index in [0.29, 0.717) is 17.4 Å². The number of hydrogen-bond acceptors (Lipinski definition) is 8. The molecule has 0 spiro atoms. The summed E-state index contributed by atoms with van der Waals surface area (Å²) in [5.41, 5.74) is 0. The molecular formula is C56H112NO8P.